The maximum Gasteiger partial charge on any atom is 0.269 e. The van der Waals surface area contributed by atoms with Crippen molar-refractivity contribution in [3.8, 4) is 0 Å². The predicted molar refractivity (Wildman–Crippen MR) is 59.5 cm³/mol. The van der Waals surface area contributed by atoms with Crippen LogP contribution in [0.3, 0.4) is 0 Å². The summed E-state index contributed by atoms with van der Waals surface area (Å²) < 4.78 is 30.8. The van der Waals surface area contributed by atoms with E-state index >= 15 is 0 Å². The molecule has 0 heterocycles. The molecule has 14 heavy (non-hydrogen) atoms. The third-order valence-corrected chi connectivity index (χ3v) is 3.05. The van der Waals surface area contributed by atoms with Crippen molar-refractivity contribution in [2.45, 2.75) is 5.75 Å². The fourth-order valence-electron chi connectivity index (χ4n) is 1.13. The highest BCUT2D eigenvalue weighted by atomic mass is 79.9. The Kier molecular flexibility index (Phi) is 3.47. The van der Waals surface area contributed by atoms with Crippen molar-refractivity contribution < 1.29 is 13.0 Å². The van der Waals surface area contributed by atoms with Crippen molar-refractivity contribution in [2.24, 2.45) is 0 Å². The molecule has 5 heteroatoms. The third kappa shape index (κ3) is 2.94. The van der Waals surface area contributed by atoms with Crippen LogP contribution in [0.25, 0.3) is 6.08 Å². The van der Waals surface area contributed by atoms with Gasteiger partial charge in [-0.15, -0.1) is 0 Å². The van der Waals surface area contributed by atoms with Crippen LogP contribution in [0.2, 0.25) is 0 Å². The lowest BCUT2D eigenvalue weighted by Crippen LogP contribution is -2.03. The summed E-state index contributed by atoms with van der Waals surface area (Å²) >= 11 is 3.27. The Morgan fingerprint density at radius 2 is 2.14 bits per heavy atom. The summed E-state index contributed by atoms with van der Waals surface area (Å²) in [6.45, 7) is 3.58. The molecular weight excluding hydrogens is 268 g/mol. The Bertz CT molecular complexity index is 451. The molecule has 1 aromatic rings. The van der Waals surface area contributed by atoms with Crippen molar-refractivity contribution in [2.75, 3.05) is 0 Å². The molecule has 76 valence electrons. The molecule has 0 aromatic heterocycles. The molecule has 0 saturated carbocycles. The van der Waals surface area contributed by atoms with Gasteiger partial charge >= 0.3 is 0 Å². The SMILES string of the molecule is C=Cc1c(Br)cccc1CS(=O)(=O)O. The molecule has 0 unspecified atom stereocenters. The summed E-state index contributed by atoms with van der Waals surface area (Å²) in [5.41, 5.74) is 1.21. The summed E-state index contributed by atoms with van der Waals surface area (Å²) in [6, 6.07) is 5.12. The Labute approximate surface area is 91.3 Å². The lowest BCUT2D eigenvalue weighted by molar-refractivity contribution is 0.482. The third-order valence-electron chi connectivity index (χ3n) is 1.69. The molecule has 0 aliphatic rings. The van der Waals surface area contributed by atoms with Crippen LogP contribution in [0.1, 0.15) is 11.1 Å². The zero-order valence-electron chi connectivity index (χ0n) is 7.27. The lowest BCUT2D eigenvalue weighted by atomic mass is 10.1. The maximum atomic E-state index is 10.7. The van der Waals surface area contributed by atoms with E-state index in [1.54, 1.807) is 24.3 Å². The largest absolute Gasteiger partial charge is 0.285 e. The lowest BCUT2D eigenvalue weighted by Gasteiger charge is -2.05. The van der Waals surface area contributed by atoms with Gasteiger partial charge in [-0.3, -0.25) is 4.55 Å². The van der Waals surface area contributed by atoms with Crippen molar-refractivity contribution >= 4 is 32.1 Å². The van der Waals surface area contributed by atoms with Crippen LogP contribution in [-0.4, -0.2) is 13.0 Å². The molecule has 0 aliphatic carbocycles. The van der Waals surface area contributed by atoms with E-state index in [0.29, 0.717) is 11.1 Å². The van der Waals surface area contributed by atoms with Crippen molar-refractivity contribution in [1.29, 1.82) is 0 Å². The minimum absolute atomic E-state index is 0.395. The average molecular weight is 277 g/mol. The highest BCUT2D eigenvalue weighted by Gasteiger charge is 2.10. The molecule has 0 fully saturated rings. The van der Waals surface area contributed by atoms with E-state index < -0.39 is 15.9 Å². The van der Waals surface area contributed by atoms with Crippen molar-refractivity contribution in [1.82, 2.24) is 0 Å². The van der Waals surface area contributed by atoms with Crippen LogP contribution >= 0.6 is 15.9 Å². The van der Waals surface area contributed by atoms with Gasteiger partial charge in [0.05, 0.1) is 0 Å². The van der Waals surface area contributed by atoms with E-state index in [9.17, 15) is 8.42 Å². The number of halogens is 1. The second kappa shape index (κ2) is 4.25. The molecular formula is C9H9BrO3S. The minimum Gasteiger partial charge on any atom is -0.285 e. The quantitative estimate of drug-likeness (QED) is 0.863. The van der Waals surface area contributed by atoms with Crippen LogP contribution in [-0.2, 0) is 15.9 Å². The first-order valence-corrected chi connectivity index (χ1v) is 6.19. The summed E-state index contributed by atoms with van der Waals surface area (Å²) in [5.74, 6) is -0.395. The first-order valence-electron chi connectivity index (χ1n) is 3.79. The average Bonchev–Trinajstić information content (AvgIpc) is 2.01. The molecule has 0 bridgehead atoms. The van der Waals surface area contributed by atoms with E-state index in [1.807, 2.05) is 0 Å². The molecule has 0 atom stereocenters. The van der Waals surface area contributed by atoms with E-state index in [1.165, 1.54) is 0 Å². The van der Waals surface area contributed by atoms with E-state index in [-0.39, 0.29) is 0 Å². The van der Waals surface area contributed by atoms with Crippen LogP contribution < -0.4 is 0 Å². The standard InChI is InChI=1S/C9H9BrO3S/c1-2-8-7(6-14(11,12)13)4-3-5-9(8)10/h2-5H,1,6H2,(H,11,12,13). The first-order chi connectivity index (χ1) is 6.44. The minimum atomic E-state index is -4.00. The van der Waals surface area contributed by atoms with Gasteiger partial charge in [0.25, 0.3) is 10.1 Å². The monoisotopic (exact) mass is 276 g/mol. The second-order valence-electron chi connectivity index (χ2n) is 2.74. The Morgan fingerprint density at radius 3 is 2.64 bits per heavy atom. The predicted octanol–water partition coefficient (Wildman–Crippen LogP) is 2.48. The topological polar surface area (TPSA) is 54.4 Å². The number of hydrogen-bond donors (Lipinski definition) is 1. The molecule has 0 aliphatic heterocycles. The highest BCUT2D eigenvalue weighted by Crippen LogP contribution is 2.23. The van der Waals surface area contributed by atoms with Gasteiger partial charge in [0, 0.05) is 4.47 Å². The van der Waals surface area contributed by atoms with Gasteiger partial charge in [-0.25, -0.2) is 0 Å². The summed E-state index contributed by atoms with van der Waals surface area (Å²) in [5, 5.41) is 0. The van der Waals surface area contributed by atoms with Crippen LogP contribution in [0.5, 0.6) is 0 Å². The number of benzene rings is 1. The van der Waals surface area contributed by atoms with Crippen LogP contribution in [0.15, 0.2) is 29.3 Å². The van der Waals surface area contributed by atoms with Gasteiger partial charge in [0.2, 0.25) is 0 Å². The van der Waals surface area contributed by atoms with E-state index in [0.717, 1.165) is 4.47 Å². The van der Waals surface area contributed by atoms with Gasteiger partial charge in [0.15, 0.2) is 0 Å². The van der Waals surface area contributed by atoms with Crippen LogP contribution in [0, 0.1) is 0 Å². The zero-order valence-corrected chi connectivity index (χ0v) is 9.68. The van der Waals surface area contributed by atoms with Crippen molar-refractivity contribution in [3.63, 3.8) is 0 Å². The highest BCUT2D eigenvalue weighted by molar-refractivity contribution is 9.10. The normalized spacial score (nSPS) is 11.3. The molecule has 0 amide bonds. The molecule has 0 saturated heterocycles. The maximum absolute atomic E-state index is 10.7. The first kappa shape index (κ1) is 11.4. The second-order valence-corrected chi connectivity index (χ2v) is 5.05. The van der Waals surface area contributed by atoms with Crippen LogP contribution in [0.4, 0.5) is 0 Å². The summed E-state index contributed by atoms with van der Waals surface area (Å²) in [7, 11) is -4.00. The zero-order chi connectivity index (χ0) is 10.8. The molecule has 0 radical (unpaired) electrons. The van der Waals surface area contributed by atoms with E-state index in [4.69, 9.17) is 4.55 Å². The van der Waals surface area contributed by atoms with Gasteiger partial charge in [0.1, 0.15) is 5.75 Å². The smallest absolute Gasteiger partial charge is 0.269 e. The molecule has 3 nitrogen and oxygen atoms in total. The van der Waals surface area contributed by atoms with Gasteiger partial charge in [-0.1, -0.05) is 40.7 Å². The number of hydrogen-bond acceptors (Lipinski definition) is 2. The fraction of sp³-hybridized carbons (Fsp3) is 0.111. The van der Waals surface area contributed by atoms with Gasteiger partial charge in [-0.05, 0) is 17.2 Å². The summed E-state index contributed by atoms with van der Waals surface area (Å²) in [6.07, 6.45) is 1.55. The molecule has 1 rings (SSSR count). The Hall–Kier alpha value is -0.650. The molecule has 1 N–H and O–H groups in total. The Morgan fingerprint density at radius 1 is 1.50 bits per heavy atom. The van der Waals surface area contributed by atoms with Gasteiger partial charge < -0.3 is 0 Å². The molecule has 0 spiro atoms. The van der Waals surface area contributed by atoms with Gasteiger partial charge in [-0.2, -0.15) is 8.42 Å². The molecule has 1 aromatic carbocycles. The fourth-order valence-corrected chi connectivity index (χ4v) is 2.35. The van der Waals surface area contributed by atoms with Crippen molar-refractivity contribution in [3.05, 3.63) is 40.4 Å². The Balaban J connectivity index is 3.21. The summed E-state index contributed by atoms with van der Waals surface area (Å²) in [4.78, 5) is 0. The number of rotatable bonds is 3. The van der Waals surface area contributed by atoms with E-state index in [2.05, 4.69) is 22.5 Å².